The van der Waals surface area contributed by atoms with Gasteiger partial charge in [0.1, 0.15) is 18.2 Å². The van der Waals surface area contributed by atoms with Crippen LogP contribution in [0.1, 0.15) is 21.5 Å². The summed E-state index contributed by atoms with van der Waals surface area (Å²) in [6.07, 6.45) is 0. The number of thiocarbonyl (C=S) groups is 1. The molecule has 0 saturated carbocycles. The molecule has 0 fully saturated rings. The average Bonchev–Trinajstić information content (AvgIpc) is 2.79. The van der Waals surface area contributed by atoms with E-state index in [1.807, 2.05) is 24.3 Å². The van der Waals surface area contributed by atoms with Gasteiger partial charge < -0.3 is 20.1 Å². The predicted molar refractivity (Wildman–Crippen MR) is 123 cm³/mol. The lowest BCUT2D eigenvalue weighted by molar-refractivity contribution is 0.0601. The quantitative estimate of drug-likeness (QED) is 0.368. The van der Waals surface area contributed by atoms with Gasteiger partial charge in [0.05, 0.1) is 17.7 Å². The van der Waals surface area contributed by atoms with Crippen LogP contribution in [0.2, 0.25) is 5.02 Å². The van der Waals surface area contributed by atoms with Crippen LogP contribution >= 0.6 is 23.8 Å². The van der Waals surface area contributed by atoms with Crippen molar-refractivity contribution in [1.82, 2.24) is 5.32 Å². The molecule has 2 N–H and O–H groups in total. The van der Waals surface area contributed by atoms with Crippen molar-refractivity contribution in [2.75, 3.05) is 12.4 Å². The Balaban J connectivity index is 1.49. The summed E-state index contributed by atoms with van der Waals surface area (Å²) >= 11 is 11.3. The van der Waals surface area contributed by atoms with E-state index in [4.69, 9.17) is 33.3 Å². The third-order valence-electron chi connectivity index (χ3n) is 4.32. The summed E-state index contributed by atoms with van der Waals surface area (Å²) in [6, 6.07) is 18.7. The van der Waals surface area contributed by atoms with Gasteiger partial charge in [-0.15, -0.1) is 0 Å². The number of carbonyl (C=O) groups excluding carboxylic acids is 1. The van der Waals surface area contributed by atoms with E-state index in [0.717, 1.165) is 11.1 Å². The van der Waals surface area contributed by atoms with Crippen LogP contribution in [-0.4, -0.2) is 18.2 Å². The second-order valence-corrected chi connectivity index (χ2v) is 7.37. The largest absolute Gasteiger partial charge is 0.489 e. The van der Waals surface area contributed by atoms with Gasteiger partial charge in [-0.1, -0.05) is 35.9 Å². The summed E-state index contributed by atoms with van der Waals surface area (Å²) < 4.78 is 23.4. The third-order valence-corrected chi connectivity index (χ3v) is 4.90. The van der Waals surface area contributed by atoms with Crippen molar-refractivity contribution in [3.8, 4) is 5.75 Å². The van der Waals surface area contributed by atoms with Crippen molar-refractivity contribution < 1.29 is 18.7 Å². The molecular formula is C23H20ClFN2O3S. The normalized spacial score (nSPS) is 10.3. The van der Waals surface area contributed by atoms with Gasteiger partial charge in [-0.3, -0.25) is 0 Å². The lowest BCUT2D eigenvalue weighted by Crippen LogP contribution is -2.28. The summed E-state index contributed by atoms with van der Waals surface area (Å²) in [5, 5.41) is 6.82. The maximum absolute atomic E-state index is 12.9. The molecule has 3 rings (SSSR count). The summed E-state index contributed by atoms with van der Waals surface area (Å²) in [5.41, 5.74) is 2.77. The molecule has 0 atom stereocenters. The molecule has 0 bridgehead atoms. The number of anilines is 1. The average molecular weight is 459 g/mol. The molecular weight excluding hydrogens is 439 g/mol. The number of hydrogen-bond donors (Lipinski definition) is 2. The van der Waals surface area contributed by atoms with Crippen molar-refractivity contribution in [3.63, 3.8) is 0 Å². The maximum atomic E-state index is 12.9. The topological polar surface area (TPSA) is 59.6 Å². The first-order valence-corrected chi connectivity index (χ1v) is 10.1. The minimum atomic E-state index is -0.519. The van der Waals surface area contributed by atoms with Crippen LogP contribution in [-0.2, 0) is 17.9 Å². The second kappa shape index (κ2) is 10.7. The Bertz CT molecular complexity index is 1060. The van der Waals surface area contributed by atoms with E-state index in [2.05, 4.69) is 10.6 Å². The van der Waals surface area contributed by atoms with Gasteiger partial charge in [-0.05, 0) is 65.8 Å². The van der Waals surface area contributed by atoms with Crippen LogP contribution in [0.4, 0.5) is 10.1 Å². The first-order chi connectivity index (χ1) is 14.9. The first-order valence-electron chi connectivity index (χ1n) is 9.33. The highest BCUT2D eigenvalue weighted by Crippen LogP contribution is 2.21. The summed E-state index contributed by atoms with van der Waals surface area (Å²) in [6.45, 7) is 0.863. The highest BCUT2D eigenvalue weighted by atomic mass is 35.5. The number of ether oxygens (including phenoxy) is 2. The highest BCUT2D eigenvalue weighted by Gasteiger charge is 2.11. The number of rotatable bonds is 7. The number of benzene rings is 3. The number of nitrogens with one attached hydrogen (secondary N) is 2. The Labute approximate surface area is 190 Å². The standard InChI is InChI=1S/C23H20ClFN2O3S/c1-29-22(28)20-12-18(8-11-21(20)24)27-23(31)26-13-15-4-9-19(10-5-15)30-14-16-2-6-17(25)7-3-16/h2-12H,13-14H2,1H3,(H2,26,27,31). The highest BCUT2D eigenvalue weighted by molar-refractivity contribution is 7.80. The van der Waals surface area contributed by atoms with Crippen LogP contribution in [0.3, 0.4) is 0 Å². The van der Waals surface area contributed by atoms with Gasteiger partial charge >= 0.3 is 5.97 Å². The zero-order valence-electron chi connectivity index (χ0n) is 16.7. The lowest BCUT2D eigenvalue weighted by Gasteiger charge is -2.12. The van der Waals surface area contributed by atoms with Crippen molar-refractivity contribution in [1.29, 1.82) is 0 Å². The minimum absolute atomic E-state index is 0.258. The van der Waals surface area contributed by atoms with E-state index >= 15 is 0 Å². The molecule has 0 spiro atoms. The zero-order chi connectivity index (χ0) is 22.2. The maximum Gasteiger partial charge on any atom is 0.339 e. The van der Waals surface area contributed by atoms with E-state index in [9.17, 15) is 9.18 Å². The number of halogens is 2. The molecule has 0 heterocycles. The van der Waals surface area contributed by atoms with Crippen molar-refractivity contribution in [2.45, 2.75) is 13.2 Å². The van der Waals surface area contributed by atoms with E-state index in [1.165, 1.54) is 19.2 Å². The zero-order valence-corrected chi connectivity index (χ0v) is 18.2. The molecule has 0 aliphatic rings. The van der Waals surface area contributed by atoms with Crippen LogP contribution in [0.25, 0.3) is 0 Å². The van der Waals surface area contributed by atoms with Crippen LogP contribution in [0.5, 0.6) is 5.75 Å². The summed E-state index contributed by atoms with van der Waals surface area (Å²) in [7, 11) is 1.30. The molecule has 160 valence electrons. The first kappa shape index (κ1) is 22.5. The fourth-order valence-electron chi connectivity index (χ4n) is 2.68. The smallest absolute Gasteiger partial charge is 0.339 e. The number of carbonyl (C=O) groups is 1. The Morgan fingerprint density at radius 1 is 1.03 bits per heavy atom. The molecule has 31 heavy (non-hydrogen) atoms. The molecule has 0 amide bonds. The molecule has 5 nitrogen and oxygen atoms in total. The predicted octanol–water partition coefficient (Wildman–Crippen LogP) is 5.33. The van der Waals surface area contributed by atoms with Crippen molar-refractivity contribution >= 4 is 40.6 Å². The summed E-state index contributed by atoms with van der Waals surface area (Å²) in [4.78, 5) is 11.7. The Morgan fingerprint density at radius 3 is 2.39 bits per heavy atom. The Morgan fingerprint density at radius 2 is 1.71 bits per heavy atom. The Hall–Kier alpha value is -3.16. The van der Waals surface area contributed by atoms with E-state index in [1.54, 1.807) is 30.3 Å². The molecule has 3 aromatic rings. The van der Waals surface area contributed by atoms with Gasteiger partial charge in [-0.2, -0.15) is 0 Å². The molecule has 0 radical (unpaired) electrons. The SMILES string of the molecule is COC(=O)c1cc(NC(=S)NCc2ccc(OCc3ccc(F)cc3)cc2)ccc1Cl. The number of methoxy groups -OCH3 is 1. The van der Waals surface area contributed by atoms with Gasteiger partial charge in [0.15, 0.2) is 5.11 Å². The third kappa shape index (κ3) is 6.67. The van der Waals surface area contributed by atoms with Gasteiger partial charge in [0.2, 0.25) is 0 Å². The van der Waals surface area contributed by atoms with Crippen LogP contribution in [0.15, 0.2) is 66.7 Å². The molecule has 3 aromatic carbocycles. The molecule has 0 aliphatic carbocycles. The minimum Gasteiger partial charge on any atom is -0.489 e. The van der Waals surface area contributed by atoms with Crippen LogP contribution in [0, 0.1) is 5.82 Å². The molecule has 0 saturated heterocycles. The van der Waals surface area contributed by atoms with E-state index in [-0.39, 0.29) is 11.4 Å². The van der Waals surface area contributed by atoms with Crippen LogP contribution < -0.4 is 15.4 Å². The molecule has 8 heteroatoms. The fourth-order valence-corrected chi connectivity index (χ4v) is 3.06. The lowest BCUT2D eigenvalue weighted by atomic mass is 10.2. The van der Waals surface area contributed by atoms with Gasteiger partial charge in [-0.25, -0.2) is 9.18 Å². The Kier molecular flexibility index (Phi) is 7.81. The second-order valence-electron chi connectivity index (χ2n) is 6.55. The van der Waals surface area contributed by atoms with Crippen molar-refractivity contribution in [3.05, 3.63) is 94.3 Å². The number of esters is 1. The van der Waals surface area contributed by atoms with Gasteiger partial charge in [0, 0.05) is 12.2 Å². The summed E-state index contributed by atoms with van der Waals surface area (Å²) in [5.74, 6) is -0.0764. The number of hydrogen-bond acceptors (Lipinski definition) is 4. The van der Waals surface area contributed by atoms with E-state index in [0.29, 0.717) is 34.7 Å². The molecule has 0 unspecified atom stereocenters. The van der Waals surface area contributed by atoms with E-state index < -0.39 is 5.97 Å². The van der Waals surface area contributed by atoms with Crippen molar-refractivity contribution in [2.24, 2.45) is 0 Å². The van der Waals surface area contributed by atoms with Gasteiger partial charge in [0.25, 0.3) is 0 Å². The molecule has 0 aromatic heterocycles. The monoisotopic (exact) mass is 458 g/mol. The molecule has 0 aliphatic heterocycles. The fraction of sp³-hybridized carbons (Fsp3) is 0.130.